The highest BCUT2D eigenvalue weighted by Crippen LogP contribution is 2.38. The van der Waals surface area contributed by atoms with E-state index in [-0.39, 0.29) is 17.7 Å². The number of nitrogens with zero attached hydrogens (tertiary/aromatic N) is 1. The first-order chi connectivity index (χ1) is 14.9. The van der Waals surface area contributed by atoms with Crippen LogP contribution in [0.4, 0.5) is 5.69 Å². The smallest absolute Gasteiger partial charge is 0.247 e. The fraction of sp³-hybridized carbons (Fsp3) is 0.417. The molecule has 0 aromatic heterocycles. The molecule has 2 aliphatic heterocycles. The first kappa shape index (κ1) is 21.5. The van der Waals surface area contributed by atoms with Gasteiger partial charge in [-0.15, -0.1) is 0 Å². The number of hydrogen-bond acceptors (Lipinski definition) is 4. The third kappa shape index (κ3) is 4.79. The topological polar surface area (TPSA) is 67.9 Å². The van der Waals surface area contributed by atoms with E-state index in [4.69, 9.17) is 21.1 Å². The van der Waals surface area contributed by atoms with Gasteiger partial charge in [-0.2, -0.15) is 0 Å². The summed E-state index contributed by atoms with van der Waals surface area (Å²) in [6.07, 6.45) is 1.65. The number of carbonyl (C=O) groups is 2. The van der Waals surface area contributed by atoms with E-state index >= 15 is 0 Å². The number of fused-ring (bicyclic) bond motifs is 2. The maximum absolute atomic E-state index is 13.3. The van der Waals surface area contributed by atoms with Gasteiger partial charge in [0.15, 0.2) is 11.5 Å². The Kier molecular flexibility index (Phi) is 6.37. The SMILES string of the molecule is CC(C)CC(=O)N1Cc2ccccc2CC1C(=O)Nc1cc2c(cc1Cl)OCCCO2. The summed E-state index contributed by atoms with van der Waals surface area (Å²) in [6.45, 7) is 5.53. The monoisotopic (exact) mass is 442 g/mol. The van der Waals surface area contributed by atoms with E-state index in [1.54, 1.807) is 17.0 Å². The van der Waals surface area contributed by atoms with E-state index in [1.165, 1.54) is 0 Å². The molecule has 0 saturated heterocycles. The number of hydrogen-bond donors (Lipinski definition) is 1. The van der Waals surface area contributed by atoms with Crippen molar-refractivity contribution in [3.05, 3.63) is 52.5 Å². The highest BCUT2D eigenvalue weighted by atomic mass is 35.5. The lowest BCUT2D eigenvalue weighted by Crippen LogP contribution is -2.50. The minimum Gasteiger partial charge on any atom is -0.490 e. The molecular weight excluding hydrogens is 416 g/mol. The molecule has 1 unspecified atom stereocenters. The van der Waals surface area contributed by atoms with Gasteiger partial charge in [-0.05, 0) is 17.0 Å². The van der Waals surface area contributed by atoms with Gasteiger partial charge in [-0.25, -0.2) is 0 Å². The van der Waals surface area contributed by atoms with Gasteiger partial charge in [0.1, 0.15) is 6.04 Å². The van der Waals surface area contributed by atoms with E-state index in [9.17, 15) is 9.59 Å². The van der Waals surface area contributed by atoms with Crippen molar-refractivity contribution in [1.29, 1.82) is 0 Å². The zero-order valence-electron chi connectivity index (χ0n) is 17.8. The predicted octanol–water partition coefficient (Wildman–Crippen LogP) is 4.44. The van der Waals surface area contributed by atoms with Crippen molar-refractivity contribution in [1.82, 2.24) is 4.90 Å². The largest absolute Gasteiger partial charge is 0.490 e. The molecule has 0 spiro atoms. The van der Waals surface area contributed by atoms with Crippen molar-refractivity contribution in [3.63, 3.8) is 0 Å². The van der Waals surface area contributed by atoms with Crippen LogP contribution in [0.3, 0.4) is 0 Å². The molecule has 0 radical (unpaired) electrons. The average Bonchev–Trinajstić information content (AvgIpc) is 2.97. The second-order valence-corrected chi connectivity index (χ2v) is 8.83. The van der Waals surface area contributed by atoms with Crippen molar-refractivity contribution in [2.45, 2.75) is 45.7 Å². The van der Waals surface area contributed by atoms with Gasteiger partial charge in [0.25, 0.3) is 0 Å². The third-order valence-corrected chi connectivity index (χ3v) is 5.86. The summed E-state index contributed by atoms with van der Waals surface area (Å²) >= 11 is 6.42. The number of ether oxygens (including phenoxy) is 2. The molecular formula is C24H27ClN2O4. The summed E-state index contributed by atoms with van der Waals surface area (Å²) in [5.41, 5.74) is 2.62. The van der Waals surface area contributed by atoms with E-state index in [2.05, 4.69) is 5.32 Å². The van der Waals surface area contributed by atoms with Crippen molar-refractivity contribution in [2.24, 2.45) is 5.92 Å². The summed E-state index contributed by atoms with van der Waals surface area (Å²) < 4.78 is 11.4. The van der Waals surface area contributed by atoms with Gasteiger partial charge in [0.05, 0.1) is 23.9 Å². The third-order valence-electron chi connectivity index (χ3n) is 5.55. The van der Waals surface area contributed by atoms with Gasteiger partial charge in [-0.3, -0.25) is 9.59 Å². The minimum absolute atomic E-state index is 0.0191. The molecule has 0 saturated carbocycles. The molecule has 2 aromatic rings. The average molecular weight is 443 g/mol. The van der Waals surface area contributed by atoms with Crippen LogP contribution in [0, 0.1) is 5.92 Å². The van der Waals surface area contributed by atoms with E-state index in [0.717, 1.165) is 17.5 Å². The van der Waals surface area contributed by atoms with E-state index in [1.807, 2.05) is 38.1 Å². The molecule has 7 heteroatoms. The van der Waals surface area contributed by atoms with E-state index < -0.39 is 6.04 Å². The van der Waals surface area contributed by atoms with Crippen LogP contribution in [0.5, 0.6) is 11.5 Å². The lowest BCUT2D eigenvalue weighted by molar-refractivity contribution is -0.140. The van der Waals surface area contributed by atoms with Crippen molar-refractivity contribution >= 4 is 29.1 Å². The molecule has 2 aromatic carbocycles. The fourth-order valence-corrected chi connectivity index (χ4v) is 4.18. The highest BCUT2D eigenvalue weighted by Gasteiger charge is 2.35. The molecule has 0 aliphatic carbocycles. The molecule has 2 amide bonds. The van der Waals surface area contributed by atoms with Gasteiger partial charge in [0.2, 0.25) is 11.8 Å². The molecule has 0 bridgehead atoms. The molecule has 0 fully saturated rings. The maximum Gasteiger partial charge on any atom is 0.247 e. The summed E-state index contributed by atoms with van der Waals surface area (Å²) in [5, 5.41) is 3.29. The first-order valence-electron chi connectivity index (χ1n) is 10.7. The Balaban J connectivity index is 1.59. The number of rotatable bonds is 4. The van der Waals surface area contributed by atoms with Crippen LogP contribution in [0.1, 0.15) is 37.8 Å². The summed E-state index contributed by atoms with van der Waals surface area (Å²) in [7, 11) is 0. The zero-order chi connectivity index (χ0) is 22.0. The Bertz CT molecular complexity index is 992. The Morgan fingerprint density at radius 1 is 1.13 bits per heavy atom. The van der Waals surface area contributed by atoms with Gasteiger partial charge < -0.3 is 19.7 Å². The van der Waals surface area contributed by atoms with Gasteiger partial charge in [0, 0.05) is 37.9 Å². The van der Waals surface area contributed by atoms with E-state index in [0.29, 0.717) is 54.8 Å². The van der Waals surface area contributed by atoms with Crippen LogP contribution >= 0.6 is 11.6 Å². The lowest BCUT2D eigenvalue weighted by atomic mass is 9.92. The van der Waals surface area contributed by atoms with Gasteiger partial charge in [-0.1, -0.05) is 49.7 Å². The second-order valence-electron chi connectivity index (χ2n) is 8.43. The van der Waals surface area contributed by atoms with Crippen LogP contribution in [-0.4, -0.2) is 36.0 Å². The molecule has 1 N–H and O–H groups in total. The normalized spacial score (nSPS) is 17.7. The predicted molar refractivity (Wildman–Crippen MR) is 120 cm³/mol. The fourth-order valence-electron chi connectivity index (χ4n) is 3.98. The van der Waals surface area contributed by atoms with Crippen LogP contribution in [0.2, 0.25) is 5.02 Å². The minimum atomic E-state index is -0.604. The standard InChI is InChI=1S/C24H27ClN2O4/c1-15(2)10-23(28)27-14-17-7-4-3-6-16(17)11-20(27)24(29)26-19-13-22-21(12-18(19)25)30-8-5-9-31-22/h3-4,6-7,12-13,15,20H,5,8-11,14H2,1-2H3,(H,26,29). The van der Waals surface area contributed by atoms with Gasteiger partial charge >= 0.3 is 0 Å². The van der Waals surface area contributed by atoms with Crippen LogP contribution in [0.25, 0.3) is 0 Å². The molecule has 164 valence electrons. The summed E-state index contributed by atoms with van der Waals surface area (Å²) in [6, 6.07) is 10.7. The molecule has 2 aliphatic rings. The second kappa shape index (κ2) is 9.18. The van der Waals surface area contributed by atoms with Crippen LogP contribution in [-0.2, 0) is 22.6 Å². The molecule has 31 heavy (non-hydrogen) atoms. The Morgan fingerprint density at radius 2 is 1.81 bits per heavy atom. The van der Waals surface area contributed by atoms with Crippen LogP contribution in [0.15, 0.2) is 36.4 Å². The lowest BCUT2D eigenvalue weighted by Gasteiger charge is -2.36. The zero-order valence-corrected chi connectivity index (χ0v) is 18.6. The molecule has 2 heterocycles. The Hall–Kier alpha value is -2.73. The maximum atomic E-state index is 13.3. The number of benzene rings is 2. The summed E-state index contributed by atoms with van der Waals surface area (Å²) in [4.78, 5) is 28.0. The first-order valence-corrected chi connectivity index (χ1v) is 11.1. The number of amides is 2. The number of carbonyl (C=O) groups excluding carboxylic acids is 2. The molecule has 4 rings (SSSR count). The van der Waals surface area contributed by atoms with Crippen LogP contribution < -0.4 is 14.8 Å². The molecule has 1 atom stereocenters. The quantitative estimate of drug-likeness (QED) is 0.760. The Labute approximate surface area is 187 Å². The van der Waals surface area contributed by atoms with Crippen molar-refractivity contribution in [3.8, 4) is 11.5 Å². The Morgan fingerprint density at radius 3 is 2.52 bits per heavy atom. The highest BCUT2D eigenvalue weighted by molar-refractivity contribution is 6.34. The van der Waals surface area contributed by atoms with Crippen molar-refractivity contribution in [2.75, 3.05) is 18.5 Å². The number of anilines is 1. The molecule has 6 nitrogen and oxygen atoms in total. The summed E-state index contributed by atoms with van der Waals surface area (Å²) in [5.74, 6) is 1.06. The number of nitrogens with one attached hydrogen (secondary N) is 1. The number of halogens is 1. The van der Waals surface area contributed by atoms with Crippen molar-refractivity contribution < 1.29 is 19.1 Å².